The van der Waals surface area contributed by atoms with Crippen LogP contribution >= 0.6 is 0 Å². The number of amides is 1. The molecule has 1 fully saturated rings. The number of ether oxygens (including phenoxy) is 1. The quantitative estimate of drug-likeness (QED) is 0.799. The van der Waals surface area contributed by atoms with E-state index in [2.05, 4.69) is 4.98 Å². The average Bonchev–Trinajstić information content (AvgIpc) is 3.11. The zero-order chi connectivity index (χ0) is 12.4. The lowest BCUT2D eigenvalue weighted by molar-refractivity contribution is 0.0821. The summed E-state index contributed by atoms with van der Waals surface area (Å²) in [6.45, 7) is 2.00. The second-order valence-corrected chi connectivity index (χ2v) is 4.50. The van der Waals surface area contributed by atoms with Crippen molar-refractivity contribution in [1.82, 2.24) is 9.88 Å². The Labute approximate surface area is 102 Å². The molecule has 92 valence electrons. The first-order chi connectivity index (χ1) is 8.13. The summed E-state index contributed by atoms with van der Waals surface area (Å²) in [5, 5.41) is 0. The van der Waals surface area contributed by atoms with Crippen LogP contribution in [0.5, 0.6) is 5.75 Å². The molecule has 1 aromatic rings. The fourth-order valence-electron chi connectivity index (χ4n) is 1.67. The van der Waals surface area contributed by atoms with Gasteiger partial charge in [0.2, 0.25) is 0 Å². The summed E-state index contributed by atoms with van der Waals surface area (Å²) in [7, 11) is 3.49. The van der Waals surface area contributed by atoms with Gasteiger partial charge in [-0.25, -0.2) is 0 Å². The normalized spacial score (nSPS) is 14.5. The lowest BCUT2D eigenvalue weighted by Crippen LogP contribution is -2.24. The maximum atomic E-state index is 12.2. The Morgan fingerprint density at radius 3 is 2.76 bits per heavy atom. The molecule has 4 nitrogen and oxygen atoms in total. The Bertz CT molecular complexity index is 425. The Hall–Kier alpha value is -1.58. The van der Waals surface area contributed by atoms with Crippen molar-refractivity contribution in [3.8, 4) is 5.75 Å². The van der Waals surface area contributed by atoms with Crippen LogP contribution in [0.3, 0.4) is 0 Å². The molecule has 0 aliphatic heterocycles. The monoisotopic (exact) mass is 234 g/mol. The minimum Gasteiger partial charge on any atom is -0.489 e. The molecule has 0 radical (unpaired) electrons. The van der Waals surface area contributed by atoms with Crippen LogP contribution in [0.1, 0.15) is 35.8 Å². The molecular formula is C13H18N2O2. The number of aryl methyl sites for hydroxylation is 1. The molecule has 1 saturated carbocycles. The van der Waals surface area contributed by atoms with E-state index in [9.17, 15) is 4.79 Å². The van der Waals surface area contributed by atoms with E-state index in [-0.39, 0.29) is 12.0 Å². The van der Waals surface area contributed by atoms with Crippen LogP contribution < -0.4 is 4.74 Å². The van der Waals surface area contributed by atoms with E-state index in [1.807, 2.05) is 6.92 Å². The number of aromatic nitrogens is 1. The van der Waals surface area contributed by atoms with E-state index in [1.54, 1.807) is 31.3 Å². The third-order valence-electron chi connectivity index (χ3n) is 2.76. The van der Waals surface area contributed by atoms with Crippen LogP contribution in [0.15, 0.2) is 12.3 Å². The number of rotatable bonds is 4. The molecule has 1 aromatic heterocycles. The number of carbonyl (C=O) groups is 1. The van der Waals surface area contributed by atoms with Crippen molar-refractivity contribution < 1.29 is 9.53 Å². The van der Waals surface area contributed by atoms with Crippen molar-refractivity contribution in [2.45, 2.75) is 32.3 Å². The number of hydrogen-bond donors (Lipinski definition) is 0. The van der Waals surface area contributed by atoms with Crippen molar-refractivity contribution >= 4 is 5.91 Å². The van der Waals surface area contributed by atoms with Gasteiger partial charge in [0.05, 0.1) is 11.8 Å². The average molecular weight is 234 g/mol. The first-order valence-electron chi connectivity index (χ1n) is 5.99. The Kier molecular flexibility index (Phi) is 3.31. The molecule has 0 unspecified atom stereocenters. The minimum absolute atomic E-state index is 0.0365. The topological polar surface area (TPSA) is 42.4 Å². The smallest absolute Gasteiger partial charge is 0.258 e. The maximum Gasteiger partial charge on any atom is 0.258 e. The molecule has 4 heteroatoms. The van der Waals surface area contributed by atoms with Gasteiger partial charge in [-0.15, -0.1) is 0 Å². The number of hydrogen-bond acceptors (Lipinski definition) is 3. The zero-order valence-electron chi connectivity index (χ0n) is 10.6. The number of nitrogens with zero attached hydrogens (tertiary/aromatic N) is 2. The highest BCUT2D eigenvalue weighted by Gasteiger charge is 2.27. The predicted molar refractivity (Wildman–Crippen MR) is 65.3 cm³/mol. The van der Waals surface area contributed by atoms with Gasteiger partial charge in [0.25, 0.3) is 5.91 Å². The molecule has 1 heterocycles. The summed E-state index contributed by atoms with van der Waals surface area (Å²) in [6.07, 6.45) is 4.90. The second-order valence-electron chi connectivity index (χ2n) is 4.50. The van der Waals surface area contributed by atoms with Gasteiger partial charge in [-0.3, -0.25) is 9.78 Å². The second kappa shape index (κ2) is 4.73. The molecule has 1 aliphatic rings. The van der Waals surface area contributed by atoms with E-state index < -0.39 is 0 Å². The SMILES string of the molecule is CCc1nccc(OC2CC2)c1C(=O)N(C)C. The molecule has 0 saturated heterocycles. The molecule has 0 N–H and O–H groups in total. The zero-order valence-corrected chi connectivity index (χ0v) is 10.6. The largest absolute Gasteiger partial charge is 0.489 e. The first kappa shape index (κ1) is 11.9. The van der Waals surface area contributed by atoms with Crippen molar-refractivity contribution in [2.24, 2.45) is 0 Å². The van der Waals surface area contributed by atoms with E-state index in [1.165, 1.54) is 0 Å². The molecule has 1 aliphatic carbocycles. The molecular weight excluding hydrogens is 216 g/mol. The van der Waals surface area contributed by atoms with Crippen LogP contribution in [0.2, 0.25) is 0 Å². The van der Waals surface area contributed by atoms with Crippen LogP contribution in [0, 0.1) is 0 Å². The summed E-state index contributed by atoms with van der Waals surface area (Å²) in [6, 6.07) is 1.79. The number of carbonyl (C=O) groups excluding carboxylic acids is 1. The fraction of sp³-hybridized carbons (Fsp3) is 0.538. The highest BCUT2D eigenvalue weighted by atomic mass is 16.5. The Balaban J connectivity index is 2.38. The molecule has 0 bridgehead atoms. The summed E-state index contributed by atoms with van der Waals surface area (Å²) in [4.78, 5) is 18.0. The summed E-state index contributed by atoms with van der Waals surface area (Å²) >= 11 is 0. The van der Waals surface area contributed by atoms with Crippen LogP contribution in [-0.4, -0.2) is 36.0 Å². The van der Waals surface area contributed by atoms with Crippen LogP contribution in [0.25, 0.3) is 0 Å². The molecule has 1 amide bonds. The molecule has 2 rings (SSSR count). The third kappa shape index (κ3) is 2.57. The standard InChI is InChI=1S/C13H18N2O2/c1-4-10-12(13(16)15(2)3)11(7-8-14-10)17-9-5-6-9/h7-9H,4-6H2,1-3H3. The third-order valence-corrected chi connectivity index (χ3v) is 2.76. The van der Waals surface area contributed by atoms with Crippen molar-refractivity contribution in [1.29, 1.82) is 0 Å². The predicted octanol–water partition coefficient (Wildman–Crippen LogP) is 1.89. The van der Waals surface area contributed by atoms with Crippen molar-refractivity contribution in [2.75, 3.05) is 14.1 Å². The molecule has 17 heavy (non-hydrogen) atoms. The number of pyridine rings is 1. The van der Waals surface area contributed by atoms with Crippen molar-refractivity contribution in [3.63, 3.8) is 0 Å². The van der Waals surface area contributed by atoms with E-state index >= 15 is 0 Å². The minimum atomic E-state index is -0.0365. The van der Waals surface area contributed by atoms with Gasteiger partial charge in [-0.2, -0.15) is 0 Å². The maximum absolute atomic E-state index is 12.2. The van der Waals surface area contributed by atoms with Gasteiger partial charge in [-0.1, -0.05) is 6.92 Å². The first-order valence-corrected chi connectivity index (χ1v) is 5.99. The Morgan fingerprint density at radius 1 is 1.53 bits per heavy atom. The summed E-state index contributed by atoms with van der Waals surface area (Å²) in [5.74, 6) is 0.642. The summed E-state index contributed by atoms with van der Waals surface area (Å²) in [5.41, 5.74) is 1.42. The molecule has 0 atom stereocenters. The van der Waals surface area contributed by atoms with E-state index in [0.29, 0.717) is 11.3 Å². The highest BCUT2D eigenvalue weighted by Crippen LogP contribution is 2.30. The fourth-order valence-corrected chi connectivity index (χ4v) is 1.67. The summed E-state index contributed by atoms with van der Waals surface area (Å²) < 4.78 is 5.78. The highest BCUT2D eigenvalue weighted by molar-refractivity contribution is 5.97. The molecule has 0 spiro atoms. The van der Waals surface area contributed by atoms with Gasteiger partial charge in [0, 0.05) is 20.3 Å². The van der Waals surface area contributed by atoms with Gasteiger partial charge >= 0.3 is 0 Å². The van der Waals surface area contributed by atoms with Gasteiger partial charge in [-0.05, 0) is 25.3 Å². The van der Waals surface area contributed by atoms with Crippen LogP contribution in [0.4, 0.5) is 0 Å². The Morgan fingerprint density at radius 2 is 2.24 bits per heavy atom. The van der Waals surface area contributed by atoms with E-state index in [4.69, 9.17) is 4.74 Å². The van der Waals surface area contributed by atoms with Gasteiger partial charge in [0.1, 0.15) is 11.3 Å². The molecule has 0 aromatic carbocycles. The van der Waals surface area contributed by atoms with Gasteiger partial charge < -0.3 is 9.64 Å². The van der Waals surface area contributed by atoms with E-state index in [0.717, 1.165) is 25.0 Å². The van der Waals surface area contributed by atoms with Gasteiger partial charge in [0.15, 0.2) is 0 Å². The lowest BCUT2D eigenvalue weighted by atomic mass is 10.1. The van der Waals surface area contributed by atoms with Crippen molar-refractivity contribution in [3.05, 3.63) is 23.5 Å². The van der Waals surface area contributed by atoms with Crippen LogP contribution in [-0.2, 0) is 6.42 Å². The lowest BCUT2D eigenvalue weighted by Gasteiger charge is -2.16.